The Hall–Kier alpha value is -0.860. The second-order valence-electron chi connectivity index (χ2n) is 9.65. The summed E-state index contributed by atoms with van der Waals surface area (Å²) >= 11 is 0. The fourth-order valence-corrected chi connectivity index (χ4v) is 5.28. The zero-order valence-corrected chi connectivity index (χ0v) is 21.7. The van der Waals surface area contributed by atoms with Crippen molar-refractivity contribution in [1.82, 2.24) is 20.9 Å². The van der Waals surface area contributed by atoms with Crippen LogP contribution in [0.1, 0.15) is 76.8 Å². The molecule has 2 aliphatic carbocycles. The summed E-state index contributed by atoms with van der Waals surface area (Å²) in [6.07, 6.45) is 10.3. The maximum absolute atomic E-state index is 5.09. The fourth-order valence-electron chi connectivity index (χ4n) is 5.28. The van der Waals surface area contributed by atoms with E-state index in [4.69, 9.17) is 4.99 Å². The lowest BCUT2D eigenvalue weighted by atomic mass is 9.95. The van der Waals surface area contributed by atoms with Crippen LogP contribution in [0, 0.1) is 0 Å². The molecule has 0 spiro atoms. The number of halogens is 1. The van der Waals surface area contributed by atoms with Crippen LogP contribution in [-0.4, -0.2) is 54.7 Å². The van der Waals surface area contributed by atoms with E-state index in [2.05, 4.69) is 65.0 Å². The first kappa shape index (κ1) is 24.8. The molecule has 1 unspecified atom stereocenters. The molecule has 3 N–H and O–H groups in total. The van der Waals surface area contributed by atoms with Crippen molar-refractivity contribution in [1.29, 1.82) is 0 Å². The maximum Gasteiger partial charge on any atom is 0.191 e. The van der Waals surface area contributed by atoms with Crippen molar-refractivity contribution in [2.24, 2.45) is 4.99 Å². The number of nitrogens with zero attached hydrogens (tertiary/aromatic N) is 2. The molecule has 3 fully saturated rings. The molecule has 2 saturated carbocycles. The van der Waals surface area contributed by atoms with Crippen molar-refractivity contribution >= 4 is 29.9 Å². The molecule has 1 aromatic carbocycles. The standard InChI is InChI=1S/C25H41N5.HI/c1-3-26-24(28-22-13-17-30(18-14-22)23-11-12-23)27-19-25(15-7-8-16-25)29-20(2)21-9-5-4-6-10-21;/h4-6,9-10,20,22-23,29H,3,7-8,11-19H2,1-2H3,(H2,26,27,28);1H. The summed E-state index contributed by atoms with van der Waals surface area (Å²) in [7, 11) is 0. The van der Waals surface area contributed by atoms with Crippen LogP contribution in [0.25, 0.3) is 0 Å². The highest BCUT2D eigenvalue weighted by Gasteiger charge is 2.35. The van der Waals surface area contributed by atoms with Gasteiger partial charge in [0.15, 0.2) is 5.96 Å². The lowest BCUT2D eigenvalue weighted by molar-refractivity contribution is 0.197. The predicted molar refractivity (Wildman–Crippen MR) is 141 cm³/mol. The third-order valence-corrected chi connectivity index (χ3v) is 7.20. The van der Waals surface area contributed by atoms with Crippen molar-refractivity contribution in [3.8, 4) is 0 Å². The highest BCUT2D eigenvalue weighted by molar-refractivity contribution is 14.0. The first-order chi connectivity index (χ1) is 14.7. The van der Waals surface area contributed by atoms with Gasteiger partial charge >= 0.3 is 0 Å². The number of benzene rings is 1. The Morgan fingerprint density at radius 2 is 1.77 bits per heavy atom. The molecule has 31 heavy (non-hydrogen) atoms. The second-order valence-corrected chi connectivity index (χ2v) is 9.65. The van der Waals surface area contributed by atoms with Gasteiger partial charge in [-0.15, -0.1) is 24.0 Å². The monoisotopic (exact) mass is 539 g/mol. The Kier molecular flexibility index (Phi) is 9.47. The average molecular weight is 540 g/mol. The number of hydrogen-bond acceptors (Lipinski definition) is 3. The summed E-state index contributed by atoms with van der Waals surface area (Å²) in [4.78, 5) is 7.78. The van der Waals surface area contributed by atoms with Crippen LogP contribution in [0.3, 0.4) is 0 Å². The molecule has 0 bridgehead atoms. The van der Waals surface area contributed by atoms with Gasteiger partial charge in [-0.2, -0.15) is 0 Å². The quantitative estimate of drug-likeness (QED) is 0.260. The summed E-state index contributed by atoms with van der Waals surface area (Å²) in [6.45, 7) is 8.68. The number of rotatable bonds is 8. The highest BCUT2D eigenvalue weighted by Crippen LogP contribution is 2.33. The SMILES string of the molecule is CCNC(=NCC1(NC(C)c2ccccc2)CCCC1)NC1CCN(C2CC2)CC1.I. The predicted octanol–water partition coefficient (Wildman–Crippen LogP) is 4.45. The highest BCUT2D eigenvalue weighted by atomic mass is 127. The molecule has 1 aliphatic heterocycles. The third kappa shape index (κ3) is 7.06. The second kappa shape index (κ2) is 11.8. The number of guanidine groups is 1. The van der Waals surface area contributed by atoms with Gasteiger partial charge in [0.2, 0.25) is 0 Å². The van der Waals surface area contributed by atoms with E-state index >= 15 is 0 Å². The van der Waals surface area contributed by atoms with Gasteiger partial charge in [0.05, 0.1) is 6.54 Å². The van der Waals surface area contributed by atoms with Crippen LogP contribution in [0.2, 0.25) is 0 Å². The first-order valence-electron chi connectivity index (χ1n) is 12.3. The fraction of sp³-hybridized carbons (Fsp3) is 0.720. The molecular weight excluding hydrogens is 497 g/mol. The first-order valence-corrected chi connectivity index (χ1v) is 12.3. The number of piperidine rings is 1. The van der Waals surface area contributed by atoms with Gasteiger partial charge in [-0.05, 0) is 57.9 Å². The summed E-state index contributed by atoms with van der Waals surface area (Å²) in [5, 5.41) is 11.2. The van der Waals surface area contributed by atoms with E-state index < -0.39 is 0 Å². The molecule has 5 nitrogen and oxygen atoms in total. The van der Waals surface area contributed by atoms with Crippen molar-refractivity contribution in [2.45, 2.75) is 88.9 Å². The minimum absolute atomic E-state index is 0. The molecule has 1 aromatic rings. The van der Waals surface area contributed by atoms with Gasteiger partial charge in [-0.1, -0.05) is 43.2 Å². The van der Waals surface area contributed by atoms with Crippen LogP contribution >= 0.6 is 24.0 Å². The van der Waals surface area contributed by atoms with Crippen LogP contribution in [0.5, 0.6) is 0 Å². The number of nitrogens with one attached hydrogen (secondary N) is 3. The Labute approximate surface area is 206 Å². The van der Waals surface area contributed by atoms with E-state index in [0.29, 0.717) is 12.1 Å². The molecule has 0 radical (unpaired) electrons. The normalized spacial score (nSPS) is 23.2. The van der Waals surface area contributed by atoms with Crippen LogP contribution in [-0.2, 0) is 0 Å². The van der Waals surface area contributed by atoms with Crippen molar-refractivity contribution in [3.63, 3.8) is 0 Å². The molecule has 1 saturated heterocycles. The van der Waals surface area contributed by atoms with Crippen molar-refractivity contribution < 1.29 is 0 Å². The Balaban J connectivity index is 0.00000272. The molecule has 1 heterocycles. The molecule has 174 valence electrons. The average Bonchev–Trinajstić information content (AvgIpc) is 3.53. The van der Waals surface area contributed by atoms with E-state index in [9.17, 15) is 0 Å². The molecule has 3 aliphatic rings. The van der Waals surface area contributed by atoms with Gasteiger partial charge in [-0.3, -0.25) is 4.99 Å². The topological polar surface area (TPSA) is 51.7 Å². The van der Waals surface area contributed by atoms with Crippen LogP contribution < -0.4 is 16.0 Å². The Bertz CT molecular complexity index is 676. The van der Waals surface area contributed by atoms with Gasteiger partial charge in [0, 0.05) is 43.3 Å². The van der Waals surface area contributed by atoms with Crippen molar-refractivity contribution in [2.75, 3.05) is 26.2 Å². The number of likely N-dealkylation sites (tertiary alicyclic amines) is 1. The maximum atomic E-state index is 5.09. The molecule has 6 heteroatoms. The summed E-state index contributed by atoms with van der Waals surface area (Å²) < 4.78 is 0. The molecule has 0 aromatic heterocycles. The van der Waals surface area contributed by atoms with Crippen LogP contribution in [0.15, 0.2) is 35.3 Å². The zero-order chi connectivity index (χ0) is 20.8. The van der Waals surface area contributed by atoms with E-state index in [1.165, 1.54) is 70.0 Å². The van der Waals surface area contributed by atoms with E-state index in [-0.39, 0.29) is 29.5 Å². The van der Waals surface area contributed by atoms with Gasteiger partial charge < -0.3 is 20.9 Å². The minimum Gasteiger partial charge on any atom is -0.357 e. The summed E-state index contributed by atoms with van der Waals surface area (Å²) in [5.74, 6) is 1.00. The largest absolute Gasteiger partial charge is 0.357 e. The minimum atomic E-state index is 0. The van der Waals surface area contributed by atoms with Crippen molar-refractivity contribution in [3.05, 3.63) is 35.9 Å². The van der Waals surface area contributed by atoms with Gasteiger partial charge in [0.1, 0.15) is 0 Å². The molecule has 4 rings (SSSR count). The summed E-state index contributed by atoms with van der Waals surface area (Å²) in [5.41, 5.74) is 1.48. The van der Waals surface area contributed by atoms with E-state index in [1.54, 1.807) is 0 Å². The zero-order valence-electron chi connectivity index (χ0n) is 19.4. The third-order valence-electron chi connectivity index (χ3n) is 7.20. The van der Waals surface area contributed by atoms with Gasteiger partial charge in [0.25, 0.3) is 0 Å². The smallest absolute Gasteiger partial charge is 0.191 e. The molecule has 1 atom stereocenters. The van der Waals surface area contributed by atoms with Gasteiger partial charge in [-0.25, -0.2) is 0 Å². The lowest BCUT2D eigenvalue weighted by Crippen LogP contribution is -2.51. The summed E-state index contributed by atoms with van der Waals surface area (Å²) in [6, 6.07) is 12.6. The van der Waals surface area contributed by atoms with E-state index in [0.717, 1.165) is 25.1 Å². The number of hydrogen-bond donors (Lipinski definition) is 3. The lowest BCUT2D eigenvalue weighted by Gasteiger charge is -2.34. The number of aliphatic imine (C=N–C) groups is 1. The Morgan fingerprint density at radius 1 is 1.10 bits per heavy atom. The Morgan fingerprint density at radius 3 is 2.39 bits per heavy atom. The van der Waals surface area contributed by atoms with E-state index in [1.807, 2.05) is 0 Å². The van der Waals surface area contributed by atoms with Crippen LogP contribution in [0.4, 0.5) is 0 Å². The molecular formula is C25H42IN5. The molecule has 0 amide bonds.